The van der Waals surface area contributed by atoms with Crippen molar-refractivity contribution in [2.24, 2.45) is 11.8 Å². The SMILES string of the molecule is CCc1cccc(CC)c1NC(=O)C1CC1C(=O)NC1CCCCC1. The number of anilines is 1. The molecule has 2 fully saturated rings. The Morgan fingerprint density at radius 2 is 1.56 bits per heavy atom. The van der Waals surface area contributed by atoms with Crippen LogP contribution in [0.4, 0.5) is 5.69 Å². The van der Waals surface area contributed by atoms with Crippen LogP contribution in [0, 0.1) is 11.8 Å². The highest BCUT2D eigenvalue weighted by Gasteiger charge is 2.48. The van der Waals surface area contributed by atoms with E-state index in [-0.39, 0.29) is 23.7 Å². The van der Waals surface area contributed by atoms with Gasteiger partial charge in [-0.15, -0.1) is 0 Å². The molecule has 4 heteroatoms. The number of carbonyl (C=O) groups is 2. The number of benzene rings is 1. The predicted molar refractivity (Wildman–Crippen MR) is 100 cm³/mol. The van der Waals surface area contributed by atoms with E-state index < -0.39 is 0 Å². The fourth-order valence-electron chi connectivity index (χ4n) is 3.95. The topological polar surface area (TPSA) is 58.2 Å². The lowest BCUT2D eigenvalue weighted by atomic mass is 9.95. The molecule has 0 saturated heterocycles. The molecule has 0 heterocycles. The second-order valence-electron chi connectivity index (χ2n) is 7.44. The van der Waals surface area contributed by atoms with E-state index in [1.54, 1.807) is 0 Å². The van der Waals surface area contributed by atoms with Crippen LogP contribution >= 0.6 is 0 Å². The maximum Gasteiger partial charge on any atom is 0.228 e. The van der Waals surface area contributed by atoms with Gasteiger partial charge in [-0.3, -0.25) is 9.59 Å². The van der Waals surface area contributed by atoms with Crippen molar-refractivity contribution in [3.05, 3.63) is 29.3 Å². The first-order valence-corrected chi connectivity index (χ1v) is 9.86. The summed E-state index contributed by atoms with van der Waals surface area (Å²) in [5, 5.41) is 6.27. The first kappa shape index (κ1) is 18.0. The van der Waals surface area contributed by atoms with Crippen molar-refractivity contribution >= 4 is 17.5 Å². The Labute approximate surface area is 150 Å². The summed E-state index contributed by atoms with van der Waals surface area (Å²) in [5.74, 6) is -0.232. The third kappa shape index (κ3) is 4.23. The maximum absolute atomic E-state index is 12.6. The van der Waals surface area contributed by atoms with Gasteiger partial charge in [0.1, 0.15) is 0 Å². The van der Waals surface area contributed by atoms with Crippen molar-refractivity contribution in [2.45, 2.75) is 71.3 Å². The van der Waals surface area contributed by atoms with Crippen LogP contribution in [0.1, 0.15) is 63.5 Å². The van der Waals surface area contributed by atoms with Crippen LogP contribution in [-0.4, -0.2) is 17.9 Å². The summed E-state index contributed by atoms with van der Waals surface area (Å²) < 4.78 is 0. The molecule has 0 aliphatic heterocycles. The summed E-state index contributed by atoms with van der Waals surface area (Å²) in [6.07, 6.45) is 8.30. The molecule has 2 amide bonds. The first-order valence-electron chi connectivity index (χ1n) is 9.86. The zero-order valence-corrected chi connectivity index (χ0v) is 15.4. The highest BCUT2D eigenvalue weighted by Crippen LogP contribution is 2.40. The molecule has 25 heavy (non-hydrogen) atoms. The van der Waals surface area contributed by atoms with Gasteiger partial charge < -0.3 is 10.6 Å². The molecule has 2 aliphatic rings. The minimum absolute atomic E-state index is 0.000561. The average Bonchev–Trinajstić information content (AvgIpc) is 3.43. The Balaban J connectivity index is 1.57. The van der Waals surface area contributed by atoms with E-state index in [0.717, 1.165) is 42.5 Å². The van der Waals surface area contributed by atoms with Crippen molar-refractivity contribution in [2.75, 3.05) is 5.32 Å². The van der Waals surface area contributed by atoms with Crippen LogP contribution in [0.5, 0.6) is 0 Å². The highest BCUT2D eigenvalue weighted by atomic mass is 16.2. The molecule has 2 N–H and O–H groups in total. The Hall–Kier alpha value is -1.84. The Morgan fingerprint density at radius 1 is 0.960 bits per heavy atom. The molecule has 0 bridgehead atoms. The molecule has 136 valence electrons. The molecule has 2 saturated carbocycles. The lowest BCUT2D eigenvalue weighted by molar-refractivity contribution is -0.126. The van der Waals surface area contributed by atoms with Gasteiger partial charge in [-0.2, -0.15) is 0 Å². The van der Waals surface area contributed by atoms with Gasteiger partial charge in [-0.25, -0.2) is 0 Å². The van der Waals surface area contributed by atoms with E-state index >= 15 is 0 Å². The van der Waals surface area contributed by atoms with Crippen molar-refractivity contribution in [1.29, 1.82) is 0 Å². The molecule has 1 aromatic rings. The monoisotopic (exact) mass is 342 g/mol. The number of aryl methyl sites for hydroxylation is 2. The van der Waals surface area contributed by atoms with Crippen LogP contribution in [0.15, 0.2) is 18.2 Å². The van der Waals surface area contributed by atoms with Gasteiger partial charge in [0.15, 0.2) is 0 Å². The highest BCUT2D eigenvalue weighted by molar-refractivity contribution is 6.00. The number of rotatable bonds is 6. The summed E-state index contributed by atoms with van der Waals surface area (Å²) in [6, 6.07) is 6.49. The zero-order chi connectivity index (χ0) is 17.8. The molecule has 2 aliphatic carbocycles. The number of carbonyl (C=O) groups excluding carboxylic acids is 2. The third-order valence-electron chi connectivity index (χ3n) is 5.66. The largest absolute Gasteiger partial charge is 0.353 e. The Morgan fingerprint density at radius 3 is 2.16 bits per heavy atom. The zero-order valence-electron chi connectivity index (χ0n) is 15.4. The molecule has 3 rings (SSSR count). The number of nitrogens with one attached hydrogen (secondary N) is 2. The van der Waals surface area contributed by atoms with Gasteiger partial charge >= 0.3 is 0 Å². The number of hydrogen-bond donors (Lipinski definition) is 2. The van der Waals surface area contributed by atoms with Gasteiger partial charge in [0.2, 0.25) is 11.8 Å². The fourth-order valence-corrected chi connectivity index (χ4v) is 3.95. The van der Waals surface area contributed by atoms with Gasteiger partial charge in [0.05, 0.1) is 11.8 Å². The minimum atomic E-state index is -0.168. The molecule has 0 aromatic heterocycles. The van der Waals surface area contributed by atoms with Crippen molar-refractivity contribution < 1.29 is 9.59 Å². The van der Waals surface area contributed by atoms with Gasteiger partial charge in [-0.1, -0.05) is 51.3 Å². The van der Waals surface area contributed by atoms with Crippen molar-refractivity contribution in [1.82, 2.24) is 5.32 Å². The number of para-hydroxylation sites is 1. The second kappa shape index (κ2) is 8.03. The van der Waals surface area contributed by atoms with Gasteiger partial charge in [0.25, 0.3) is 0 Å². The lowest BCUT2D eigenvalue weighted by Crippen LogP contribution is -2.37. The maximum atomic E-state index is 12.6. The summed E-state index contributed by atoms with van der Waals surface area (Å²) in [6.45, 7) is 4.20. The molecule has 0 spiro atoms. The van der Waals surface area contributed by atoms with E-state index in [1.807, 2.05) is 6.07 Å². The number of amides is 2. The number of hydrogen-bond acceptors (Lipinski definition) is 2. The van der Waals surface area contributed by atoms with E-state index in [2.05, 4.69) is 36.6 Å². The quantitative estimate of drug-likeness (QED) is 0.825. The van der Waals surface area contributed by atoms with Crippen LogP contribution < -0.4 is 10.6 Å². The van der Waals surface area contributed by atoms with Crippen LogP contribution in [0.2, 0.25) is 0 Å². The second-order valence-corrected chi connectivity index (χ2v) is 7.44. The minimum Gasteiger partial charge on any atom is -0.353 e. The van der Waals surface area contributed by atoms with Gasteiger partial charge in [0, 0.05) is 11.7 Å². The fraction of sp³-hybridized carbons (Fsp3) is 0.619. The Kier molecular flexibility index (Phi) is 5.77. The van der Waals surface area contributed by atoms with Crippen LogP contribution in [0.3, 0.4) is 0 Å². The van der Waals surface area contributed by atoms with E-state index in [1.165, 1.54) is 19.3 Å². The molecule has 2 atom stereocenters. The summed E-state index contributed by atoms with van der Waals surface area (Å²) in [4.78, 5) is 25.0. The molecule has 1 aromatic carbocycles. The first-order chi connectivity index (χ1) is 12.1. The smallest absolute Gasteiger partial charge is 0.228 e. The molecule has 0 radical (unpaired) electrons. The summed E-state index contributed by atoms with van der Waals surface area (Å²) in [7, 11) is 0. The van der Waals surface area contributed by atoms with E-state index in [4.69, 9.17) is 0 Å². The molecule has 4 nitrogen and oxygen atoms in total. The Bertz CT molecular complexity index is 613. The molecular weight excluding hydrogens is 312 g/mol. The van der Waals surface area contributed by atoms with Crippen LogP contribution in [0.25, 0.3) is 0 Å². The van der Waals surface area contributed by atoms with Crippen molar-refractivity contribution in [3.63, 3.8) is 0 Å². The van der Waals surface area contributed by atoms with Crippen molar-refractivity contribution in [3.8, 4) is 0 Å². The normalized spacial score (nSPS) is 23.1. The lowest BCUT2D eigenvalue weighted by Gasteiger charge is -2.22. The third-order valence-corrected chi connectivity index (χ3v) is 5.66. The van der Waals surface area contributed by atoms with Gasteiger partial charge in [-0.05, 0) is 43.2 Å². The molecular formula is C21H30N2O2. The average molecular weight is 342 g/mol. The standard InChI is InChI=1S/C21H30N2O2/c1-3-14-9-8-10-15(4-2)19(14)23-21(25)18-13-17(18)20(24)22-16-11-6-5-7-12-16/h8-10,16-18H,3-7,11-13H2,1-2H3,(H,22,24)(H,23,25). The predicted octanol–water partition coefficient (Wildman–Crippen LogP) is 3.83. The summed E-state index contributed by atoms with van der Waals surface area (Å²) >= 11 is 0. The van der Waals surface area contributed by atoms with E-state index in [0.29, 0.717) is 12.5 Å². The summed E-state index contributed by atoms with van der Waals surface area (Å²) in [5.41, 5.74) is 3.28. The van der Waals surface area contributed by atoms with E-state index in [9.17, 15) is 9.59 Å². The van der Waals surface area contributed by atoms with Crippen LogP contribution in [-0.2, 0) is 22.4 Å². The molecule has 2 unspecified atom stereocenters.